The predicted molar refractivity (Wildman–Crippen MR) is 58.2 cm³/mol. The summed E-state index contributed by atoms with van der Waals surface area (Å²) in [5.41, 5.74) is 0.560. The smallest absolute Gasteiger partial charge is 0.337 e. The van der Waals surface area contributed by atoms with Crippen LogP contribution in [0.3, 0.4) is 0 Å². The highest BCUT2D eigenvalue weighted by molar-refractivity contribution is 14.1. The lowest BCUT2D eigenvalue weighted by Gasteiger charge is -2.00. The molecule has 0 spiro atoms. The van der Waals surface area contributed by atoms with Crippen LogP contribution < -0.4 is 0 Å². The molecule has 0 fully saturated rings. The monoisotopic (exact) mass is 340 g/mol. The summed E-state index contributed by atoms with van der Waals surface area (Å²) in [5.74, 6) is -0.313. The highest BCUT2D eigenvalue weighted by atomic mass is 127. The summed E-state index contributed by atoms with van der Waals surface area (Å²) in [6.45, 7) is 0. The molecule has 0 heterocycles. The molecular weight excluding hydrogens is 335 g/mol. The van der Waals surface area contributed by atoms with Gasteiger partial charge in [0.2, 0.25) is 0 Å². The second kappa shape index (κ2) is 4.23. The number of ether oxygens (including phenoxy) is 1. The van der Waals surface area contributed by atoms with E-state index < -0.39 is 0 Å². The van der Waals surface area contributed by atoms with Crippen molar-refractivity contribution >= 4 is 44.5 Å². The average molecular weight is 341 g/mol. The molecule has 0 aliphatic heterocycles. The maximum atomic E-state index is 11.0. The Balaban J connectivity index is 3.05. The number of hydrogen-bond acceptors (Lipinski definition) is 2. The Morgan fingerprint density at radius 1 is 1.58 bits per heavy atom. The van der Waals surface area contributed by atoms with Crippen molar-refractivity contribution < 1.29 is 9.53 Å². The molecule has 4 heteroatoms. The summed E-state index contributed by atoms with van der Waals surface area (Å²) in [7, 11) is 1.37. The maximum absolute atomic E-state index is 11.0. The highest BCUT2D eigenvalue weighted by Crippen LogP contribution is 2.20. The van der Waals surface area contributed by atoms with Crippen LogP contribution in [0.25, 0.3) is 0 Å². The zero-order valence-electron chi connectivity index (χ0n) is 6.30. The summed E-state index contributed by atoms with van der Waals surface area (Å²) in [4.78, 5) is 11.0. The molecule has 1 rings (SSSR count). The Kier molecular flexibility index (Phi) is 3.52. The first kappa shape index (κ1) is 9.98. The van der Waals surface area contributed by atoms with Crippen LogP contribution in [-0.4, -0.2) is 13.1 Å². The van der Waals surface area contributed by atoms with E-state index in [1.165, 1.54) is 7.11 Å². The van der Waals surface area contributed by atoms with Crippen molar-refractivity contribution in [2.24, 2.45) is 0 Å². The molecule has 0 atom stereocenters. The van der Waals surface area contributed by atoms with Gasteiger partial charge in [0.05, 0.1) is 12.7 Å². The number of benzene rings is 1. The normalized spacial score (nSPS) is 9.58. The molecule has 12 heavy (non-hydrogen) atoms. The minimum atomic E-state index is -0.313. The summed E-state index contributed by atoms with van der Waals surface area (Å²) in [5, 5.41) is 0. The highest BCUT2D eigenvalue weighted by Gasteiger charge is 2.06. The largest absolute Gasteiger partial charge is 0.465 e. The number of hydrogen-bond donors (Lipinski definition) is 0. The summed E-state index contributed by atoms with van der Waals surface area (Å²) >= 11 is 5.51. The van der Waals surface area contributed by atoms with Crippen molar-refractivity contribution in [1.29, 1.82) is 0 Å². The minimum Gasteiger partial charge on any atom is -0.465 e. The lowest BCUT2D eigenvalue weighted by atomic mass is 10.2. The third kappa shape index (κ3) is 2.20. The lowest BCUT2D eigenvalue weighted by Crippen LogP contribution is -2.00. The van der Waals surface area contributed by atoms with Crippen LogP contribution in [0.5, 0.6) is 0 Å². The summed E-state index contributed by atoms with van der Waals surface area (Å²) < 4.78 is 6.55. The van der Waals surface area contributed by atoms with Gasteiger partial charge < -0.3 is 4.74 Å². The first-order valence-electron chi connectivity index (χ1n) is 3.18. The summed E-state index contributed by atoms with van der Waals surface area (Å²) in [6.07, 6.45) is 0. The van der Waals surface area contributed by atoms with Gasteiger partial charge in [-0.3, -0.25) is 0 Å². The fourth-order valence-electron chi connectivity index (χ4n) is 0.741. The fraction of sp³-hybridized carbons (Fsp3) is 0.125. The van der Waals surface area contributed by atoms with Crippen LogP contribution in [0, 0.1) is 3.57 Å². The Morgan fingerprint density at radius 2 is 2.25 bits per heavy atom. The topological polar surface area (TPSA) is 26.3 Å². The van der Waals surface area contributed by atoms with E-state index in [4.69, 9.17) is 0 Å². The first-order valence-corrected chi connectivity index (χ1v) is 5.05. The van der Waals surface area contributed by atoms with Gasteiger partial charge in [0.1, 0.15) is 0 Å². The van der Waals surface area contributed by atoms with Crippen molar-refractivity contribution in [3.63, 3.8) is 0 Å². The van der Waals surface area contributed by atoms with Gasteiger partial charge in [-0.1, -0.05) is 0 Å². The molecule has 1 aromatic rings. The van der Waals surface area contributed by atoms with Gasteiger partial charge in [-0.05, 0) is 56.7 Å². The third-order valence-electron chi connectivity index (χ3n) is 1.34. The molecule has 0 amide bonds. The number of esters is 1. The van der Waals surface area contributed by atoms with Crippen molar-refractivity contribution in [2.45, 2.75) is 0 Å². The Hall–Kier alpha value is -0.100. The molecule has 0 unspecified atom stereocenters. The number of carbonyl (C=O) groups excluding carboxylic acids is 1. The fourth-order valence-corrected chi connectivity index (χ4v) is 1.46. The standard InChI is InChI=1S/C8H6BrIO2/c1-12-8(11)5-2-3-7(10)6(9)4-5/h2-4H,1H3. The maximum Gasteiger partial charge on any atom is 0.337 e. The van der Waals surface area contributed by atoms with Crippen LogP contribution in [-0.2, 0) is 4.74 Å². The van der Waals surface area contributed by atoms with Crippen LogP contribution in [0.2, 0.25) is 0 Å². The Morgan fingerprint density at radius 3 is 2.75 bits per heavy atom. The Labute approximate surface area is 92.6 Å². The van der Waals surface area contributed by atoms with Gasteiger partial charge in [0.25, 0.3) is 0 Å². The van der Waals surface area contributed by atoms with E-state index in [1.807, 2.05) is 6.07 Å². The molecule has 0 N–H and O–H groups in total. The van der Waals surface area contributed by atoms with Crippen molar-refractivity contribution in [1.82, 2.24) is 0 Å². The number of carbonyl (C=O) groups is 1. The van der Waals surface area contributed by atoms with E-state index in [0.717, 1.165) is 8.04 Å². The molecule has 0 bridgehead atoms. The quantitative estimate of drug-likeness (QED) is 0.580. The minimum absolute atomic E-state index is 0.313. The zero-order valence-corrected chi connectivity index (χ0v) is 10.0. The van der Waals surface area contributed by atoms with Crippen LogP contribution in [0.15, 0.2) is 22.7 Å². The molecule has 64 valence electrons. The first-order chi connectivity index (χ1) is 5.65. The van der Waals surface area contributed by atoms with Crippen molar-refractivity contribution in [2.75, 3.05) is 7.11 Å². The van der Waals surface area contributed by atoms with Gasteiger partial charge in [-0.25, -0.2) is 4.79 Å². The second-order valence-corrected chi connectivity index (χ2v) is 4.14. The molecule has 0 saturated heterocycles. The van der Waals surface area contributed by atoms with Crippen LogP contribution in [0.1, 0.15) is 10.4 Å². The van der Waals surface area contributed by atoms with E-state index in [-0.39, 0.29) is 5.97 Å². The molecule has 0 saturated carbocycles. The molecule has 0 radical (unpaired) electrons. The molecule has 0 aliphatic carbocycles. The number of halogens is 2. The van der Waals surface area contributed by atoms with E-state index in [0.29, 0.717) is 5.56 Å². The Bertz CT molecular complexity index is 312. The second-order valence-electron chi connectivity index (χ2n) is 2.12. The van der Waals surface area contributed by atoms with E-state index in [9.17, 15) is 4.79 Å². The van der Waals surface area contributed by atoms with Crippen LogP contribution >= 0.6 is 38.5 Å². The third-order valence-corrected chi connectivity index (χ3v) is 3.68. The van der Waals surface area contributed by atoms with Gasteiger partial charge >= 0.3 is 5.97 Å². The van der Waals surface area contributed by atoms with E-state index in [1.54, 1.807) is 12.1 Å². The van der Waals surface area contributed by atoms with E-state index in [2.05, 4.69) is 43.3 Å². The lowest BCUT2D eigenvalue weighted by molar-refractivity contribution is 0.0600. The van der Waals surface area contributed by atoms with E-state index >= 15 is 0 Å². The van der Waals surface area contributed by atoms with Gasteiger partial charge in [-0.2, -0.15) is 0 Å². The summed E-state index contributed by atoms with van der Waals surface area (Å²) in [6, 6.07) is 5.34. The number of methoxy groups -OCH3 is 1. The van der Waals surface area contributed by atoms with Crippen molar-refractivity contribution in [3.8, 4) is 0 Å². The van der Waals surface area contributed by atoms with Gasteiger partial charge in [-0.15, -0.1) is 0 Å². The average Bonchev–Trinajstić information content (AvgIpc) is 2.08. The number of rotatable bonds is 1. The SMILES string of the molecule is COC(=O)c1ccc(I)c(Br)c1. The predicted octanol–water partition coefficient (Wildman–Crippen LogP) is 2.84. The van der Waals surface area contributed by atoms with Crippen LogP contribution in [0.4, 0.5) is 0 Å². The van der Waals surface area contributed by atoms with Gasteiger partial charge in [0, 0.05) is 8.04 Å². The van der Waals surface area contributed by atoms with Crippen molar-refractivity contribution in [3.05, 3.63) is 31.8 Å². The molecule has 1 aromatic carbocycles. The molecular formula is C8H6BrIO2. The molecule has 0 aliphatic rings. The molecule has 2 nitrogen and oxygen atoms in total. The molecule has 0 aromatic heterocycles. The van der Waals surface area contributed by atoms with Gasteiger partial charge in [0.15, 0.2) is 0 Å². The zero-order chi connectivity index (χ0) is 9.14.